The third kappa shape index (κ3) is 7.97. The summed E-state index contributed by atoms with van der Waals surface area (Å²) in [7, 11) is 0. The summed E-state index contributed by atoms with van der Waals surface area (Å²) in [4.78, 5) is 42.6. The minimum atomic E-state index is -1.82. The third-order valence-electron chi connectivity index (χ3n) is 7.33. The van der Waals surface area contributed by atoms with E-state index in [0.29, 0.717) is 24.2 Å². The van der Waals surface area contributed by atoms with Crippen LogP contribution in [0, 0.1) is 12.8 Å². The topological polar surface area (TPSA) is 147 Å². The van der Waals surface area contributed by atoms with Crippen LogP contribution in [0.15, 0.2) is 72.8 Å². The van der Waals surface area contributed by atoms with Crippen LogP contribution in [0.4, 0.5) is 5.13 Å². The second kappa shape index (κ2) is 14.1. The van der Waals surface area contributed by atoms with Crippen LogP contribution in [-0.2, 0) is 27.5 Å². The summed E-state index contributed by atoms with van der Waals surface area (Å²) in [6.07, 6.45) is 2.08. The Morgan fingerprint density at radius 1 is 0.932 bits per heavy atom. The normalized spacial score (nSPS) is 13.8. The zero-order valence-electron chi connectivity index (χ0n) is 24.2. The number of aliphatic carboxylic acids is 2. The molecule has 0 radical (unpaired) electrons. The number of aromatic nitrogens is 3. The fraction of sp³-hybridized carbons (Fsp3) is 0.281. The summed E-state index contributed by atoms with van der Waals surface area (Å²) in [5.74, 6) is -1.33. The molecule has 1 aliphatic rings. The van der Waals surface area contributed by atoms with Crippen LogP contribution < -0.4 is 10.1 Å². The third-order valence-corrected chi connectivity index (χ3v) is 8.27. The monoisotopic (exact) mass is 615 g/mol. The van der Waals surface area contributed by atoms with Crippen LogP contribution in [0.5, 0.6) is 5.75 Å². The first kappa shape index (κ1) is 30.6. The van der Waals surface area contributed by atoms with Gasteiger partial charge in [0.05, 0.1) is 27.8 Å². The molecule has 1 aliphatic heterocycles. The van der Waals surface area contributed by atoms with E-state index in [2.05, 4.69) is 51.0 Å². The molecule has 1 saturated heterocycles. The molecule has 6 rings (SSSR count). The summed E-state index contributed by atoms with van der Waals surface area (Å²) in [5.41, 5.74) is 4.27. The molecule has 2 aromatic heterocycles. The number of nitrogens with one attached hydrogen (secondary N) is 1. The lowest BCUT2D eigenvalue weighted by Gasteiger charge is -2.31. The van der Waals surface area contributed by atoms with Crippen molar-refractivity contribution < 1.29 is 29.3 Å². The maximum Gasteiger partial charge on any atom is 0.414 e. The van der Waals surface area contributed by atoms with Crippen molar-refractivity contribution in [1.82, 2.24) is 19.4 Å². The number of aryl methyl sites for hydroxylation is 1. The number of hydrogen-bond acceptors (Lipinski definition) is 8. The van der Waals surface area contributed by atoms with Crippen LogP contribution in [0.2, 0.25) is 0 Å². The molecule has 0 atom stereocenters. The van der Waals surface area contributed by atoms with Crippen molar-refractivity contribution in [2.75, 3.05) is 25.0 Å². The Balaban J connectivity index is 0.000000584. The number of likely N-dealkylation sites (tertiary alicyclic amines) is 1. The maximum atomic E-state index is 12.7. The molecule has 11 nitrogen and oxygen atoms in total. The number of carboxylic acid groups (broad SMARTS) is 2. The van der Waals surface area contributed by atoms with E-state index >= 15 is 0 Å². The standard InChI is InChI=1S/C30H31N5O2S.C2H2O4/c1-21-11-12-25-27(17-21)38-30(32-25)33-29(36)19-34-15-13-22(14-16-34)18-35-26-10-6-5-9-24(26)31-28(35)20-37-23-7-3-2-4-8-23;3-1(4)2(5)6/h2-12,17,22H,13-16,18-20H2,1H3,(H,32,33,36);(H,3,4)(H,5,6). The van der Waals surface area contributed by atoms with E-state index in [1.165, 1.54) is 16.9 Å². The molecule has 5 aromatic rings. The second-order valence-electron chi connectivity index (χ2n) is 10.6. The Bertz CT molecular complexity index is 1750. The number of rotatable bonds is 8. The Morgan fingerprint density at radius 2 is 1.64 bits per heavy atom. The number of nitrogens with zero attached hydrogens (tertiary/aromatic N) is 4. The van der Waals surface area contributed by atoms with Crippen LogP contribution in [0.3, 0.4) is 0 Å². The minimum absolute atomic E-state index is 0.000165. The molecule has 0 bridgehead atoms. The summed E-state index contributed by atoms with van der Waals surface area (Å²) >= 11 is 1.53. The summed E-state index contributed by atoms with van der Waals surface area (Å²) in [6, 6.07) is 24.3. The molecule has 228 valence electrons. The number of piperidine rings is 1. The molecule has 12 heteroatoms. The first-order valence-corrected chi connectivity index (χ1v) is 15.0. The number of hydrogen-bond donors (Lipinski definition) is 3. The molecule has 44 heavy (non-hydrogen) atoms. The van der Waals surface area contributed by atoms with Gasteiger partial charge in [0, 0.05) is 6.54 Å². The summed E-state index contributed by atoms with van der Waals surface area (Å²) < 4.78 is 9.46. The van der Waals surface area contributed by atoms with Gasteiger partial charge < -0.3 is 24.8 Å². The number of carbonyl (C=O) groups is 3. The molecular formula is C32H33N5O6S. The predicted octanol–water partition coefficient (Wildman–Crippen LogP) is 5.04. The number of anilines is 1. The number of benzene rings is 3. The van der Waals surface area contributed by atoms with E-state index < -0.39 is 11.9 Å². The maximum absolute atomic E-state index is 12.7. The molecule has 0 spiro atoms. The average Bonchev–Trinajstić information content (AvgIpc) is 3.57. The van der Waals surface area contributed by atoms with Crippen molar-refractivity contribution in [3.05, 3.63) is 84.2 Å². The highest BCUT2D eigenvalue weighted by Crippen LogP contribution is 2.27. The molecule has 1 fully saturated rings. The average molecular weight is 616 g/mol. The molecule has 1 amide bonds. The van der Waals surface area contributed by atoms with Crippen molar-refractivity contribution >= 4 is 55.6 Å². The van der Waals surface area contributed by atoms with E-state index in [4.69, 9.17) is 29.5 Å². The van der Waals surface area contributed by atoms with E-state index in [9.17, 15) is 4.79 Å². The van der Waals surface area contributed by atoms with E-state index in [1.807, 2.05) is 48.5 Å². The summed E-state index contributed by atoms with van der Waals surface area (Å²) in [6.45, 7) is 5.60. The van der Waals surface area contributed by atoms with Gasteiger partial charge in [0.1, 0.15) is 18.2 Å². The van der Waals surface area contributed by atoms with Crippen molar-refractivity contribution in [1.29, 1.82) is 0 Å². The highest BCUT2D eigenvalue weighted by Gasteiger charge is 2.23. The van der Waals surface area contributed by atoms with Gasteiger partial charge in [0.15, 0.2) is 5.13 Å². The quantitative estimate of drug-likeness (QED) is 0.204. The van der Waals surface area contributed by atoms with Crippen LogP contribution >= 0.6 is 11.3 Å². The molecule has 3 heterocycles. The zero-order valence-corrected chi connectivity index (χ0v) is 25.0. The lowest BCUT2D eigenvalue weighted by molar-refractivity contribution is -0.159. The van der Waals surface area contributed by atoms with Crippen molar-refractivity contribution in [2.24, 2.45) is 5.92 Å². The zero-order chi connectivity index (χ0) is 31.1. The van der Waals surface area contributed by atoms with Crippen molar-refractivity contribution in [2.45, 2.75) is 32.9 Å². The Labute approximate surface area is 257 Å². The largest absolute Gasteiger partial charge is 0.486 e. The number of para-hydroxylation sites is 3. The van der Waals surface area contributed by atoms with Gasteiger partial charge in [-0.1, -0.05) is 47.7 Å². The predicted molar refractivity (Wildman–Crippen MR) is 168 cm³/mol. The number of imidazole rings is 1. The van der Waals surface area contributed by atoms with Gasteiger partial charge in [-0.3, -0.25) is 9.69 Å². The van der Waals surface area contributed by atoms with Gasteiger partial charge in [-0.15, -0.1) is 0 Å². The fourth-order valence-corrected chi connectivity index (χ4v) is 6.12. The first-order valence-electron chi connectivity index (χ1n) is 14.2. The van der Waals surface area contributed by atoms with Gasteiger partial charge in [-0.05, 0) is 80.7 Å². The minimum Gasteiger partial charge on any atom is -0.486 e. The highest BCUT2D eigenvalue weighted by atomic mass is 32.1. The lowest BCUT2D eigenvalue weighted by atomic mass is 9.96. The molecule has 0 aliphatic carbocycles. The van der Waals surface area contributed by atoms with E-state index in [0.717, 1.165) is 65.3 Å². The SMILES string of the molecule is Cc1ccc2nc(NC(=O)CN3CCC(Cn4c(COc5ccccc5)nc5ccccc54)CC3)sc2c1.O=C(O)C(=O)O. The van der Waals surface area contributed by atoms with Gasteiger partial charge in [0.2, 0.25) is 5.91 Å². The molecule has 3 N–H and O–H groups in total. The van der Waals surface area contributed by atoms with Gasteiger partial charge >= 0.3 is 11.9 Å². The van der Waals surface area contributed by atoms with Gasteiger partial charge in [-0.2, -0.15) is 0 Å². The Hall–Kier alpha value is -4.81. The van der Waals surface area contributed by atoms with Gasteiger partial charge in [-0.25, -0.2) is 19.6 Å². The fourth-order valence-electron chi connectivity index (χ4n) is 5.14. The van der Waals surface area contributed by atoms with Gasteiger partial charge in [0.25, 0.3) is 0 Å². The second-order valence-corrected chi connectivity index (χ2v) is 11.6. The highest BCUT2D eigenvalue weighted by molar-refractivity contribution is 7.22. The number of thiazole rings is 1. The van der Waals surface area contributed by atoms with Crippen LogP contribution in [0.25, 0.3) is 21.3 Å². The van der Waals surface area contributed by atoms with Crippen LogP contribution in [0.1, 0.15) is 24.2 Å². The van der Waals surface area contributed by atoms with Crippen molar-refractivity contribution in [3.63, 3.8) is 0 Å². The Kier molecular flexibility index (Phi) is 9.82. The Morgan fingerprint density at radius 3 is 2.36 bits per heavy atom. The number of carboxylic acids is 2. The summed E-state index contributed by atoms with van der Waals surface area (Å²) in [5, 5.41) is 18.5. The first-order chi connectivity index (χ1) is 21.2. The molecule has 0 unspecified atom stereocenters. The molecule has 0 saturated carbocycles. The smallest absolute Gasteiger partial charge is 0.414 e. The molecule has 3 aromatic carbocycles. The van der Waals surface area contributed by atoms with Crippen LogP contribution in [-0.4, -0.2) is 67.1 Å². The van der Waals surface area contributed by atoms with E-state index in [1.54, 1.807) is 0 Å². The number of carbonyl (C=O) groups excluding carboxylic acids is 1. The number of ether oxygens (including phenoxy) is 1. The molecular weight excluding hydrogens is 582 g/mol. The lowest BCUT2D eigenvalue weighted by Crippen LogP contribution is -2.40. The number of amides is 1. The number of fused-ring (bicyclic) bond motifs is 2. The van der Waals surface area contributed by atoms with Crippen molar-refractivity contribution in [3.8, 4) is 5.75 Å². The van der Waals surface area contributed by atoms with E-state index in [-0.39, 0.29) is 5.91 Å².